The Morgan fingerprint density at radius 2 is 1.96 bits per heavy atom. The molecular weight excluding hydrogens is 329 g/mol. The van der Waals surface area contributed by atoms with Crippen LogP contribution in [0.3, 0.4) is 0 Å². The molecule has 6 nitrogen and oxygen atoms in total. The molecule has 0 spiro atoms. The van der Waals surface area contributed by atoms with Crippen LogP contribution in [-0.2, 0) is 25.3 Å². The highest BCUT2D eigenvalue weighted by Crippen LogP contribution is 2.40. The van der Waals surface area contributed by atoms with Crippen molar-refractivity contribution in [2.24, 2.45) is 5.92 Å². The van der Waals surface area contributed by atoms with Gasteiger partial charge in [0.1, 0.15) is 0 Å². The van der Waals surface area contributed by atoms with E-state index in [1.165, 1.54) is 12.1 Å². The van der Waals surface area contributed by atoms with Gasteiger partial charge in [-0.15, -0.1) is 0 Å². The Bertz CT molecular complexity index is 708. The van der Waals surface area contributed by atoms with Crippen LogP contribution >= 0.6 is 0 Å². The van der Waals surface area contributed by atoms with E-state index >= 15 is 0 Å². The van der Waals surface area contributed by atoms with Crippen molar-refractivity contribution < 1.29 is 32.3 Å². The third-order valence-electron chi connectivity index (χ3n) is 4.51. The minimum absolute atomic E-state index is 0.0962. The standard InChI is InChI=1S/C15H13F3N2O4/c16-15(17,18)8-2-1-3-9(6-8)20-13(21)11-10-7-23-5-4-19(10)24-12(11)14(20)22/h1-3,6,10-12H,4-5,7H2. The maximum absolute atomic E-state index is 12.9. The molecular formula is C15H13F3N2O4. The number of fused-ring (bicyclic) bond motifs is 3. The lowest BCUT2D eigenvalue weighted by Crippen LogP contribution is -2.46. The predicted octanol–water partition coefficient (Wildman–Crippen LogP) is 1.21. The van der Waals surface area contributed by atoms with Gasteiger partial charge in [0, 0.05) is 6.54 Å². The van der Waals surface area contributed by atoms with E-state index in [9.17, 15) is 22.8 Å². The van der Waals surface area contributed by atoms with Gasteiger partial charge in [0.15, 0.2) is 6.10 Å². The van der Waals surface area contributed by atoms with Crippen LogP contribution in [0.2, 0.25) is 0 Å². The van der Waals surface area contributed by atoms with Crippen LogP contribution in [0.5, 0.6) is 0 Å². The summed E-state index contributed by atoms with van der Waals surface area (Å²) in [4.78, 5) is 31.5. The quantitative estimate of drug-likeness (QED) is 0.718. The minimum atomic E-state index is -4.55. The fourth-order valence-corrected chi connectivity index (χ4v) is 3.39. The monoisotopic (exact) mass is 342 g/mol. The second-order valence-corrected chi connectivity index (χ2v) is 5.89. The van der Waals surface area contributed by atoms with Crippen LogP contribution in [0.4, 0.5) is 18.9 Å². The highest BCUT2D eigenvalue weighted by molar-refractivity contribution is 6.23. The molecule has 3 heterocycles. The summed E-state index contributed by atoms with van der Waals surface area (Å²) in [6.45, 7) is 1.13. The summed E-state index contributed by atoms with van der Waals surface area (Å²) < 4.78 is 43.9. The summed E-state index contributed by atoms with van der Waals surface area (Å²) in [5.74, 6) is -1.95. The molecule has 1 aromatic rings. The third kappa shape index (κ3) is 2.23. The van der Waals surface area contributed by atoms with Crippen molar-refractivity contribution in [2.75, 3.05) is 24.7 Å². The first-order chi connectivity index (χ1) is 11.4. The number of carbonyl (C=O) groups is 2. The summed E-state index contributed by atoms with van der Waals surface area (Å²) in [5.41, 5.74) is -1.01. The van der Waals surface area contributed by atoms with Gasteiger partial charge in [-0.25, -0.2) is 4.90 Å². The van der Waals surface area contributed by atoms with Crippen molar-refractivity contribution in [3.8, 4) is 0 Å². The molecule has 0 N–H and O–H groups in total. The number of benzene rings is 1. The van der Waals surface area contributed by atoms with Crippen LogP contribution in [-0.4, -0.2) is 48.8 Å². The van der Waals surface area contributed by atoms with Crippen LogP contribution in [0, 0.1) is 5.92 Å². The molecule has 128 valence electrons. The summed E-state index contributed by atoms with van der Waals surface area (Å²) in [6.07, 6.45) is -5.55. The summed E-state index contributed by atoms with van der Waals surface area (Å²) in [7, 11) is 0. The zero-order valence-corrected chi connectivity index (χ0v) is 12.3. The van der Waals surface area contributed by atoms with E-state index in [1.807, 2.05) is 0 Å². The number of ether oxygens (including phenoxy) is 1. The fourth-order valence-electron chi connectivity index (χ4n) is 3.39. The zero-order valence-electron chi connectivity index (χ0n) is 12.3. The van der Waals surface area contributed by atoms with Gasteiger partial charge < -0.3 is 4.74 Å². The van der Waals surface area contributed by atoms with Gasteiger partial charge in [0.05, 0.1) is 36.4 Å². The Kier molecular flexibility index (Phi) is 3.41. The number of carbonyl (C=O) groups excluding carboxylic acids is 2. The molecule has 0 aliphatic carbocycles. The Hall–Kier alpha value is -1.97. The molecule has 0 bridgehead atoms. The second kappa shape index (κ2) is 5.27. The first-order valence-corrected chi connectivity index (χ1v) is 7.44. The lowest BCUT2D eigenvalue weighted by molar-refractivity contribution is -0.197. The molecule has 0 radical (unpaired) electrons. The Morgan fingerprint density at radius 3 is 2.71 bits per heavy atom. The Morgan fingerprint density at radius 1 is 1.17 bits per heavy atom. The van der Waals surface area contributed by atoms with Gasteiger partial charge in [-0.2, -0.15) is 18.2 Å². The molecule has 1 aromatic carbocycles. The predicted molar refractivity (Wildman–Crippen MR) is 73.6 cm³/mol. The molecule has 3 fully saturated rings. The van der Waals surface area contributed by atoms with Crippen molar-refractivity contribution in [3.05, 3.63) is 29.8 Å². The topological polar surface area (TPSA) is 59.1 Å². The summed E-state index contributed by atoms with van der Waals surface area (Å²) in [5, 5.41) is 1.57. The molecule has 0 saturated carbocycles. The van der Waals surface area contributed by atoms with Crippen molar-refractivity contribution in [3.63, 3.8) is 0 Å². The van der Waals surface area contributed by atoms with Crippen molar-refractivity contribution in [1.29, 1.82) is 0 Å². The Labute approximate surface area is 134 Å². The van der Waals surface area contributed by atoms with Gasteiger partial charge >= 0.3 is 6.18 Å². The number of anilines is 1. The van der Waals surface area contributed by atoms with E-state index in [0.29, 0.717) is 13.2 Å². The van der Waals surface area contributed by atoms with Gasteiger partial charge in [-0.05, 0) is 18.2 Å². The SMILES string of the molecule is O=C1C2ON3CCOCC3C2C(=O)N1c1cccc(C(F)(F)F)c1. The lowest BCUT2D eigenvalue weighted by Gasteiger charge is -2.30. The van der Waals surface area contributed by atoms with Gasteiger partial charge in [0.25, 0.3) is 5.91 Å². The van der Waals surface area contributed by atoms with Crippen LogP contribution < -0.4 is 4.90 Å². The molecule has 3 aliphatic rings. The highest BCUT2D eigenvalue weighted by Gasteiger charge is 2.60. The van der Waals surface area contributed by atoms with E-state index in [2.05, 4.69) is 0 Å². The normalized spacial score (nSPS) is 30.6. The van der Waals surface area contributed by atoms with E-state index in [4.69, 9.17) is 9.57 Å². The summed E-state index contributed by atoms with van der Waals surface area (Å²) in [6, 6.07) is 3.77. The largest absolute Gasteiger partial charge is 0.416 e. The number of hydroxylamine groups is 2. The van der Waals surface area contributed by atoms with E-state index in [-0.39, 0.29) is 12.3 Å². The van der Waals surface area contributed by atoms with Crippen molar-refractivity contribution >= 4 is 17.5 Å². The second-order valence-electron chi connectivity index (χ2n) is 5.89. The Balaban J connectivity index is 1.67. The number of morpholine rings is 1. The number of imide groups is 1. The lowest BCUT2D eigenvalue weighted by atomic mass is 9.97. The number of alkyl halides is 3. The van der Waals surface area contributed by atoms with E-state index < -0.39 is 41.6 Å². The van der Waals surface area contributed by atoms with Gasteiger partial charge in [-0.3, -0.25) is 14.4 Å². The summed E-state index contributed by atoms with van der Waals surface area (Å²) >= 11 is 0. The van der Waals surface area contributed by atoms with E-state index in [1.54, 1.807) is 5.06 Å². The average molecular weight is 342 g/mol. The minimum Gasteiger partial charge on any atom is -0.378 e. The van der Waals surface area contributed by atoms with Gasteiger partial charge in [0.2, 0.25) is 5.91 Å². The van der Waals surface area contributed by atoms with Gasteiger partial charge in [-0.1, -0.05) is 6.07 Å². The molecule has 3 unspecified atom stereocenters. The molecule has 3 saturated heterocycles. The van der Waals surface area contributed by atoms with Crippen molar-refractivity contribution in [2.45, 2.75) is 18.3 Å². The molecule has 9 heteroatoms. The molecule has 0 aromatic heterocycles. The third-order valence-corrected chi connectivity index (χ3v) is 4.51. The zero-order chi connectivity index (χ0) is 17.1. The number of nitrogens with zero attached hydrogens (tertiary/aromatic N) is 2. The van der Waals surface area contributed by atoms with E-state index in [0.717, 1.165) is 17.0 Å². The molecule has 4 rings (SSSR count). The number of rotatable bonds is 1. The highest BCUT2D eigenvalue weighted by atomic mass is 19.4. The average Bonchev–Trinajstić information content (AvgIpc) is 3.03. The van der Waals surface area contributed by atoms with Crippen LogP contribution in [0.1, 0.15) is 5.56 Å². The fraction of sp³-hybridized carbons (Fsp3) is 0.467. The number of hydrogen-bond donors (Lipinski definition) is 0. The first-order valence-electron chi connectivity index (χ1n) is 7.44. The number of halogens is 3. The number of amides is 2. The smallest absolute Gasteiger partial charge is 0.378 e. The molecule has 3 atom stereocenters. The molecule has 2 amide bonds. The van der Waals surface area contributed by atoms with Crippen LogP contribution in [0.25, 0.3) is 0 Å². The maximum Gasteiger partial charge on any atom is 0.416 e. The molecule has 3 aliphatic heterocycles. The maximum atomic E-state index is 12.9. The van der Waals surface area contributed by atoms with Crippen LogP contribution in [0.15, 0.2) is 24.3 Å². The molecule has 24 heavy (non-hydrogen) atoms. The number of hydrogen-bond acceptors (Lipinski definition) is 5. The van der Waals surface area contributed by atoms with Crippen molar-refractivity contribution in [1.82, 2.24) is 5.06 Å². The first kappa shape index (κ1) is 15.6.